The molecular weight excluding hydrogens is 254 g/mol. The van der Waals surface area contributed by atoms with Crippen LogP contribution in [0.3, 0.4) is 0 Å². The van der Waals surface area contributed by atoms with E-state index in [9.17, 15) is 9.90 Å². The topological polar surface area (TPSA) is 79.5 Å². The van der Waals surface area contributed by atoms with Gasteiger partial charge in [-0.15, -0.1) is 0 Å². The quantitative estimate of drug-likeness (QED) is 0.861. The molecule has 1 saturated carbocycles. The molecule has 0 saturated heterocycles. The maximum absolute atomic E-state index is 12.7. The molecular formula is C15H23N3O2. The SMILES string of the molecule is NCCCN(C(=O)c1ccncc1O)C1CCCCC1. The van der Waals surface area contributed by atoms with Gasteiger partial charge in [0.2, 0.25) is 0 Å². The molecule has 0 radical (unpaired) electrons. The molecule has 110 valence electrons. The Hall–Kier alpha value is -1.62. The second-order valence-corrected chi connectivity index (χ2v) is 5.33. The highest BCUT2D eigenvalue weighted by molar-refractivity contribution is 5.96. The van der Waals surface area contributed by atoms with Crippen LogP contribution in [0.1, 0.15) is 48.9 Å². The lowest BCUT2D eigenvalue weighted by Crippen LogP contribution is -2.42. The molecule has 5 nitrogen and oxygen atoms in total. The fourth-order valence-electron chi connectivity index (χ4n) is 2.83. The van der Waals surface area contributed by atoms with Crippen LogP contribution in [-0.4, -0.2) is 40.0 Å². The zero-order valence-electron chi connectivity index (χ0n) is 11.8. The van der Waals surface area contributed by atoms with E-state index in [1.807, 2.05) is 4.90 Å². The van der Waals surface area contributed by atoms with Crippen molar-refractivity contribution in [1.82, 2.24) is 9.88 Å². The van der Waals surface area contributed by atoms with E-state index in [0.717, 1.165) is 19.3 Å². The second kappa shape index (κ2) is 7.24. The van der Waals surface area contributed by atoms with Gasteiger partial charge in [0.1, 0.15) is 5.75 Å². The standard InChI is InChI=1S/C15H23N3O2/c16-8-4-10-18(12-5-2-1-3-6-12)15(20)13-7-9-17-11-14(13)19/h7,9,11-12,19H,1-6,8,10,16H2. The average molecular weight is 277 g/mol. The van der Waals surface area contributed by atoms with Crippen LogP contribution in [0.2, 0.25) is 0 Å². The van der Waals surface area contributed by atoms with Gasteiger partial charge in [-0.2, -0.15) is 0 Å². The minimum absolute atomic E-state index is 0.0499. The fraction of sp³-hybridized carbons (Fsp3) is 0.600. The van der Waals surface area contributed by atoms with Crippen molar-refractivity contribution in [3.63, 3.8) is 0 Å². The number of aromatic nitrogens is 1. The zero-order chi connectivity index (χ0) is 14.4. The lowest BCUT2D eigenvalue weighted by molar-refractivity contribution is 0.0629. The summed E-state index contributed by atoms with van der Waals surface area (Å²) < 4.78 is 0. The molecule has 1 aromatic heterocycles. The molecule has 1 aliphatic rings. The molecule has 1 aromatic rings. The van der Waals surface area contributed by atoms with E-state index in [1.165, 1.54) is 31.7 Å². The Balaban J connectivity index is 2.16. The van der Waals surface area contributed by atoms with Gasteiger partial charge in [0.05, 0.1) is 11.8 Å². The van der Waals surface area contributed by atoms with Crippen molar-refractivity contribution in [1.29, 1.82) is 0 Å². The Bertz CT molecular complexity index is 444. The first-order chi connectivity index (χ1) is 9.74. The molecule has 1 heterocycles. The Labute approximate surface area is 119 Å². The summed E-state index contributed by atoms with van der Waals surface area (Å²) in [5, 5.41) is 9.82. The van der Waals surface area contributed by atoms with E-state index < -0.39 is 0 Å². The van der Waals surface area contributed by atoms with Gasteiger partial charge in [-0.25, -0.2) is 0 Å². The highest BCUT2D eigenvalue weighted by atomic mass is 16.3. The number of pyridine rings is 1. The van der Waals surface area contributed by atoms with Crippen molar-refractivity contribution < 1.29 is 9.90 Å². The Kier molecular flexibility index (Phi) is 5.35. The van der Waals surface area contributed by atoms with Gasteiger partial charge in [0.15, 0.2) is 0 Å². The lowest BCUT2D eigenvalue weighted by Gasteiger charge is -2.34. The van der Waals surface area contributed by atoms with E-state index in [1.54, 1.807) is 6.07 Å². The van der Waals surface area contributed by atoms with Gasteiger partial charge in [-0.05, 0) is 31.9 Å². The van der Waals surface area contributed by atoms with E-state index in [-0.39, 0.29) is 17.7 Å². The first kappa shape index (κ1) is 14.8. The number of nitrogens with two attached hydrogens (primary N) is 1. The number of amides is 1. The number of aromatic hydroxyl groups is 1. The third-order valence-corrected chi connectivity index (χ3v) is 3.91. The maximum atomic E-state index is 12.7. The summed E-state index contributed by atoms with van der Waals surface area (Å²) in [4.78, 5) is 18.4. The van der Waals surface area contributed by atoms with Crippen molar-refractivity contribution in [3.05, 3.63) is 24.0 Å². The summed E-state index contributed by atoms with van der Waals surface area (Å²) in [6.45, 7) is 1.22. The summed E-state index contributed by atoms with van der Waals surface area (Å²) in [5.41, 5.74) is 5.91. The first-order valence-corrected chi connectivity index (χ1v) is 7.38. The van der Waals surface area contributed by atoms with Crippen LogP contribution in [0.5, 0.6) is 5.75 Å². The third kappa shape index (κ3) is 3.48. The van der Waals surface area contributed by atoms with Crippen LogP contribution < -0.4 is 5.73 Å². The Morgan fingerprint density at radius 2 is 2.15 bits per heavy atom. The van der Waals surface area contributed by atoms with Crippen LogP contribution in [-0.2, 0) is 0 Å². The van der Waals surface area contributed by atoms with Gasteiger partial charge in [0.25, 0.3) is 5.91 Å². The van der Waals surface area contributed by atoms with Crippen LogP contribution >= 0.6 is 0 Å². The number of hydrogen-bond acceptors (Lipinski definition) is 4. The second-order valence-electron chi connectivity index (χ2n) is 5.33. The Morgan fingerprint density at radius 1 is 1.40 bits per heavy atom. The fourth-order valence-corrected chi connectivity index (χ4v) is 2.83. The van der Waals surface area contributed by atoms with Crippen LogP contribution in [0.15, 0.2) is 18.5 Å². The van der Waals surface area contributed by atoms with E-state index in [2.05, 4.69) is 4.98 Å². The van der Waals surface area contributed by atoms with Gasteiger partial charge >= 0.3 is 0 Å². The first-order valence-electron chi connectivity index (χ1n) is 7.38. The van der Waals surface area contributed by atoms with Crippen molar-refractivity contribution in [3.8, 4) is 5.75 Å². The molecule has 0 aromatic carbocycles. The van der Waals surface area contributed by atoms with Gasteiger partial charge in [-0.1, -0.05) is 19.3 Å². The summed E-state index contributed by atoms with van der Waals surface area (Å²) in [6, 6.07) is 1.85. The van der Waals surface area contributed by atoms with Gasteiger partial charge in [-0.3, -0.25) is 9.78 Å². The number of hydrogen-bond donors (Lipinski definition) is 2. The monoisotopic (exact) mass is 277 g/mol. The van der Waals surface area contributed by atoms with Crippen molar-refractivity contribution in [2.45, 2.75) is 44.6 Å². The zero-order valence-corrected chi connectivity index (χ0v) is 11.8. The molecule has 0 atom stereocenters. The number of carbonyl (C=O) groups is 1. The van der Waals surface area contributed by atoms with Crippen molar-refractivity contribution in [2.24, 2.45) is 5.73 Å². The highest BCUT2D eigenvalue weighted by Gasteiger charge is 2.27. The molecule has 1 fully saturated rings. The Morgan fingerprint density at radius 3 is 2.80 bits per heavy atom. The van der Waals surface area contributed by atoms with Crippen molar-refractivity contribution >= 4 is 5.91 Å². The molecule has 5 heteroatoms. The van der Waals surface area contributed by atoms with Crippen LogP contribution in [0.4, 0.5) is 0 Å². The summed E-state index contributed by atoms with van der Waals surface area (Å²) >= 11 is 0. The molecule has 0 bridgehead atoms. The minimum atomic E-state index is -0.106. The molecule has 0 spiro atoms. The highest BCUT2D eigenvalue weighted by Crippen LogP contribution is 2.26. The average Bonchev–Trinajstić information content (AvgIpc) is 2.49. The van der Waals surface area contributed by atoms with E-state index >= 15 is 0 Å². The predicted molar refractivity (Wildman–Crippen MR) is 77.5 cm³/mol. The molecule has 0 unspecified atom stereocenters. The van der Waals surface area contributed by atoms with Crippen LogP contribution in [0, 0.1) is 0 Å². The van der Waals surface area contributed by atoms with E-state index in [0.29, 0.717) is 18.7 Å². The smallest absolute Gasteiger partial charge is 0.257 e. The predicted octanol–water partition coefficient (Wildman–Crippen LogP) is 1.91. The van der Waals surface area contributed by atoms with Crippen molar-refractivity contribution in [2.75, 3.05) is 13.1 Å². The largest absolute Gasteiger partial charge is 0.505 e. The maximum Gasteiger partial charge on any atom is 0.257 e. The minimum Gasteiger partial charge on any atom is -0.505 e. The molecule has 1 amide bonds. The van der Waals surface area contributed by atoms with Crippen LogP contribution in [0.25, 0.3) is 0 Å². The molecule has 1 aliphatic carbocycles. The van der Waals surface area contributed by atoms with E-state index in [4.69, 9.17) is 5.73 Å². The summed E-state index contributed by atoms with van der Waals surface area (Å²) in [6.07, 6.45) is 9.30. The summed E-state index contributed by atoms with van der Waals surface area (Å²) in [7, 11) is 0. The number of rotatable bonds is 5. The van der Waals surface area contributed by atoms with Gasteiger partial charge in [0, 0.05) is 18.8 Å². The molecule has 2 rings (SSSR count). The normalized spacial score (nSPS) is 16.1. The van der Waals surface area contributed by atoms with Gasteiger partial charge < -0.3 is 15.7 Å². The lowest BCUT2D eigenvalue weighted by atomic mass is 9.93. The third-order valence-electron chi connectivity index (χ3n) is 3.91. The number of carbonyl (C=O) groups excluding carboxylic acids is 1. The molecule has 3 N–H and O–H groups in total. The molecule has 0 aliphatic heterocycles. The summed E-state index contributed by atoms with van der Waals surface area (Å²) in [5.74, 6) is -0.156. The number of nitrogens with zero attached hydrogens (tertiary/aromatic N) is 2. The molecule has 20 heavy (non-hydrogen) atoms.